The van der Waals surface area contributed by atoms with Crippen molar-refractivity contribution >= 4 is 23.6 Å². The molecule has 4 nitrogen and oxygen atoms in total. The van der Waals surface area contributed by atoms with Crippen LogP contribution in [0.1, 0.15) is 33.5 Å². The summed E-state index contributed by atoms with van der Waals surface area (Å²) in [7, 11) is 0. The van der Waals surface area contributed by atoms with Gasteiger partial charge in [-0.2, -0.15) is 11.8 Å². The van der Waals surface area contributed by atoms with Gasteiger partial charge in [-0.25, -0.2) is 4.79 Å². The third-order valence-corrected chi connectivity index (χ3v) is 6.34. The molecule has 0 saturated heterocycles. The first kappa shape index (κ1) is 25.3. The molecule has 0 heterocycles. The molecule has 0 radical (unpaired) electrons. The first-order chi connectivity index (χ1) is 16.5. The number of carbonyl (C=O) groups is 2. The van der Waals surface area contributed by atoms with Crippen LogP contribution in [0.3, 0.4) is 0 Å². The number of amides is 1. The zero-order chi connectivity index (χ0) is 24.3. The fourth-order valence-corrected chi connectivity index (χ4v) is 4.27. The van der Waals surface area contributed by atoms with Gasteiger partial charge in [0.2, 0.25) is 0 Å². The van der Waals surface area contributed by atoms with E-state index in [1.54, 1.807) is 11.8 Å². The Morgan fingerprint density at radius 3 is 2.26 bits per heavy atom. The Morgan fingerprint density at radius 1 is 0.912 bits per heavy atom. The highest BCUT2D eigenvalue weighted by atomic mass is 32.2. The van der Waals surface area contributed by atoms with Gasteiger partial charge in [-0.3, -0.25) is 4.79 Å². The zero-order valence-electron chi connectivity index (χ0n) is 19.7. The van der Waals surface area contributed by atoms with Crippen molar-refractivity contribution < 1.29 is 14.7 Å². The second-order valence-electron chi connectivity index (χ2n) is 8.21. The molecule has 176 valence electrons. The highest BCUT2D eigenvalue weighted by Crippen LogP contribution is 2.28. The molecule has 3 rings (SSSR count). The molecular formula is C29H31NO3S. The largest absolute Gasteiger partial charge is 0.480 e. The van der Waals surface area contributed by atoms with Crippen LogP contribution in [0.2, 0.25) is 0 Å². The number of aryl methyl sites for hydroxylation is 1. The fraction of sp³-hybridized carbons (Fsp3) is 0.241. The Morgan fingerprint density at radius 2 is 1.59 bits per heavy atom. The molecule has 1 amide bonds. The Hall–Kier alpha value is -3.31. The summed E-state index contributed by atoms with van der Waals surface area (Å²) in [5.74, 6) is -0.714. The van der Waals surface area contributed by atoms with E-state index in [1.807, 2.05) is 73.8 Å². The summed E-state index contributed by atoms with van der Waals surface area (Å²) in [6.07, 6.45) is 8.23. The first-order valence-electron chi connectivity index (χ1n) is 11.4. The Bertz CT molecular complexity index is 1140. The minimum Gasteiger partial charge on any atom is -0.480 e. The van der Waals surface area contributed by atoms with Crippen LogP contribution in [0, 0.1) is 6.92 Å². The van der Waals surface area contributed by atoms with Gasteiger partial charge in [0, 0.05) is 5.56 Å². The number of thioether (sulfide) groups is 1. The number of hydrogen-bond donors (Lipinski definition) is 2. The number of carbonyl (C=O) groups excluding carboxylic acids is 1. The van der Waals surface area contributed by atoms with Crippen LogP contribution in [0.15, 0.2) is 84.9 Å². The number of allylic oxidation sites excluding steroid dienone is 2. The van der Waals surface area contributed by atoms with Gasteiger partial charge in [-0.15, -0.1) is 0 Å². The second-order valence-corrected chi connectivity index (χ2v) is 9.19. The minimum atomic E-state index is -1.01. The van der Waals surface area contributed by atoms with E-state index in [0.717, 1.165) is 35.1 Å². The van der Waals surface area contributed by atoms with Crippen molar-refractivity contribution in [3.63, 3.8) is 0 Å². The molecule has 0 fully saturated rings. The predicted octanol–water partition coefficient (Wildman–Crippen LogP) is 5.94. The Balaban J connectivity index is 1.85. The highest BCUT2D eigenvalue weighted by Gasteiger charge is 2.22. The molecule has 3 aromatic carbocycles. The summed E-state index contributed by atoms with van der Waals surface area (Å²) in [6, 6.07) is 23.1. The highest BCUT2D eigenvalue weighted by molar-refractivity contribution is 7.98. The van der Waals surface area contributed by atoms with Gasteiger partial charge < -0.3 is 10.4 Å². The van der Waals surface area contributed by atoms with Gasteiger partial charge in [0.25, 0.3) is 5.91 Å². The third-order valence-electron chi connectivity index (χ3n) is 5.69. The van der Waals surface area contributed by atoms with Crippen LogP contribution >= 0.6 is 11.8 Å². The molecule has 2 N–H and O–H groups in total. The number of rotatable bonds is 11. The van der Waals surface area contributed by atoms with E-state index >= 15 is 0 Å². The zero-order valence-corrected chi connectivity index (χ0v) is 20.5. The van der Waals surface area contributed by atoms with Gasteiger partial charge in [-0.1, -0.05) is 78.9 Å². The van der Waals surface area contributed by atoms with Crippen LogP contribution in [-0.4, -0.2) is 35.0 Å². The molecule has 1 atom stereocenters. The standard InChI is InChI=1S/C29H31NO3S/c1-21-10-6-9-15-24(21)26-20-23(14-8-7-13-22-11-4-3-5-12-22)16-17-25(26)28(31)30-27(29(32)33)18-19-34-2/h3-12,15-17,20,27H,13-14,18-19H2,1-2H3,(H,30,31)(H,32,33)/t27-/m0/s1. The van der Waals surface area contributed by atoms with E-state index in [0.29, 0.717) is 17.7 Å². The van der Waals surface area contributed by atoms with E-state index in [1.165, 1.54) is 5.56 Å². The maximum absolute atomic E-state index is 13.2. The summed E-state index contributed by atoms with van der Waals surface area (Å²) < 4.78 is 0. The number of carboxylic acids is 1. The molecule has 3 aromatic rings. The van der Waals surface area contributed by atoms with Gasteiger partial charge in [0.15, 0.2) is 0 Å². The smallest absolute Gasteiger partial charge is 0.326 e. The number of hydrogen-bond acceptors (Lipinski definition) is 3. The lowest BCUT2D eigenvalue weighted by Gasteiger charge is -2.17. The first-order valence-corrected chi connectivity index (χ1v) is 12.8. The molecule has 0 spiro atoms. The van der Waals surface area contributed by atoms with Crippen LogP contribution in [0.4, 0.5) is 0 Å². The molecule has 0 bridgehead atoms. The van der Waals surface area contributed by atoms with E-state index in [2.05, 4.69) is 29.6 Å². The molecular weight excluding hydrogens is 442 g/mol. The summed E-state index contributed by atoms with van der Waals surface area (Å²) in [4.78, 5) is 24.8. The SMILES string of the molecule is CSCC[C@H](NC(=O)c1ccc(CC=CCc2ccccc2)cc1-c1ccccc1C)C(=O)O. The van der Waals surface area contributed by atoms with Crippen molar-refractivity contribution in [1.29, 1.82) is 0 Å². The third kappa shape index (κ3) is 7.09. The monoisotopic (exact) mass is 473 g/mol. The normalized spacial score (nSPS) is 11.9. The van der Waals surface area contributed by atoms with E-state index in [9.17, 15) is 14.7 Å². The molecule has 5 heteroatoms. The number of carboxylic acid groups (broad SMARTS) is 1. The maximum atomic E-state index is 13.2. The lowest BCUT2D eigenvalue weighted by Crippen LogP contribution is -2.41. The Labute approximate surface area is 206 Å². The quantitative estimate of drug-likeness (QED) is 0.338. The predicted molar refractivity (Wildman–Crippen MR) is 141 cm³/mol. The summed E-state index contributed by atoms with van der Waals surface area (Å²) >= 11 is 1.56. The van der Waals surface area contributed by atoms with Crippen molar-refractivity contribution in [2.24, 2.45) is 0 Å². The molecule has 0 saturated carbocycles. The van der Waals surface area contributed by atoms with Crippen LogP contribution < -0.4 is 5.32 Å². The average Bonchev–Trinajstić information content (AvgIpc) is 2.85. The molecule has 0 aliphatic heterocycles. The van der Waals surface area contributed by atoms with Gasteiger partial charge >= 0.3 is 5.97 Å². The van der Waals surface area contributed by atoms with Crippen molar-refractivity contribution in [2.45, 2.75) is 32.2 Å². The van der Waals surface area contributed by atoms with E-state index in [4.69, 9.17) is 0 Å². The molecule has 0 aliphatic rings. The average molecular weight is 474 g/mol. The fourth-order valence-electron chi connectivity index (χ4n) is 3.80. The van der Waals surface area contributed by atoms with Crippen LogP contribution in [0.25, 0.3) is 11.1 Å². The lowest BCUT2D eigenvalue weighted by atomic mass is 9.93. The molecule has 34 heavy (non-hydrogen) atoms. The van der Waals surface area contributed by atoms with Crippen molar-refractivity contribution in [2.75, 3.05) is 12.0 Å². The summed E-state index contributed by atoms with van der Waals surface area (Å²) in [6.45, 7) is 2.02. The number of nitrogens with one attached hydrogen (secondary N) is 1. The van der Waals surface area contributed by atoms with Crippen molar-refractivity contribution in [1.82, 2.24) is 5.32 Å². The molecule has 0 unspecified atom stereocenters. The Kier molecular flexibility index (Phi) is 9.53. The van der Waals surface area contributed by atoms with Crippen molar-refractivity contribution in [3.05, 3.63) is 107 Å². The minimum absolute atomic E-state index is 0.363. The summed E-state index contributed by atoms with van der Waals surface area (Å²) in [5.41, 5.74) is 5.70. The molecule has 0 aromatic heterocycles. The second kappa shape index (κ2) is 12.8. The topological polar surface area (TPSA) is 66.4 Å². The van der Waals surface area contributed by atoms with Crippen molar-refractivity contribution in [3.8, 4) is 11.1 Å². The number of aliphatic carboxylic acids is 1. The molecule has 0 aliphatic carbocycles. The maximum Gasteiger partial charge on any atom is 0.326 e. The number of benzene rings is 3. The van der Waals surface area contributed by atoms with Gasteiger partial charge in [0.1, 0.15) is 6.04 Å². The lowest BCUT2D eigenvalue weighted by molar-refractivity contribution is -0.139. The summed E-state index contributed by atoms with van der Waals surface area (Å²) in [5, 5.41) is 12.3. The van der Waals surface area contributed by atoms with Gasteiger partial charge in [-0.05, 0) is 72.1 Å². The van der Waals surface area contributed by atoms with Crippen LogP contribution in [0.5, 0.6) is 0 Å². The van der Waals surface area contributed by atoms with Gasteiger partial charge in [0.05, 0.1) is 0 Å². The van der Waals surface area contributed by atoms with Crippen LogP contribution in [-0.2, 0) is 17.6 Å². The van der Waals surface area contributed by atoms with E-state index < -0.39 is 12.0 Å². The van der Waals surface area contributed by atoms with E-state index in [-0.39, 0.29) is 5.91 Å².